The van der Waals surface area contributed by atoms with Crippen LogP contribution in [-0.2, 0) is 0 Å². The van der Waals surface area contributed by atoms with Gasteiger partial charge in [0, 0.05) is 5.56 Å². The molecule has 0 aromatic heterocycles. The van der Waals surface area contributed by atoms with Crippen LogP contribution in [0.1, 0.15) is 43.0 Å². The molecular weight excluding hydrogens is 238 g/mol. The average molecular weight is 261 g/mol. The Morgan fingerprint density at radius 3 is 2.26 bits per heavy atom. The lowest BCUT2D eigenvalue weighted by atomic mass is 9.86. The Morgan fingerprint density at radius 2 is 1.79 bits per heavy atom. The van der Waals surface area contributed by atoms with Crippen LogP contribution in [0.25, 0.3) is 0 Å². The lowest BCUT2D eigenvalue weighted by molar-refractivity contribution is 0.0693. The molecule has 0 N–H and O–H groups in total. The van der Waals surface area contributed by atoms with E-state index in [2.05, 4.69) is 4.90 Å². The number of likely N-dealkylation sites (N-methyl/N-ethyl adjacent to an activating group) is 1. The number of hydrogen-bond acceptors (Lipinski definition) is 3. The molecule has 1 aromatic rings. The van der Waals surface area contributed by atoms with Crippen molar-refractivity contribution in [3.05, 3.63) is 29.8 Å². The highest BCUT2D eigenvalue weighted by molar-refractivity contribution is 6.03. The molecule has 1 fully saturated rings. The zero-order chi connectivity index (χ0) is 13.9. The lowest BCUT2D eigenvalue weighted by Gasteiger charge is -2.34. The van der Waals surface area contributed by atoms with Crippen LogP contribution >= 0.6 is 0 Å². The Balaban J connectivity index is 2.22. The van der Waals surface area contributed by atoms with Gasteiger partial charge in [-0.05, 0) is 58.1 Å². The molecule has 2 rings (SSSR count). The van der Waals surface area contributed by atoms with Crippen molar-refractivity contribution in [3.8, 4) is 5.75 Å². The molecule has 0 aliphatic heterocycles. The molecule has 0 saturated heterocycles. The number of carbonyl (C=O) groups excluding carboxylic acids is 1. The first-order chi connectivity index (χ1) is 9.10. The van der Waals surface area contributed by atoms with E-state index < -0.39 is 0 Å². The first-order valence-corrected chi connectivity index (χ1v) is 7.05. The second-order valence-corrected chi connectivity index (χ2v) is 5.42. The van der Waals surface area contributed by atoms with E-state index >= 15 is 0 Å². The third-order valence-electron chi connectivity index (χ3n) is 4.14. The van der Waals surface area contributed by atoms with Crippen LogP contribution < -0.4 is 4.74 Å². The van der Waals surface area contributed by atoms with Crippen LogP contribution in [0.2, 0.25) is 0 Å². The van der Waals surface area contributed by atoms with Crippen molar-refractivity contribution in [2.75, 3.05) is 20.7 Å². The van der Waals surface area contributed by atoms with Gasteiger partial charge in [-0.15, -0.1) is 0 Å². The number of Topliss-reactive ketones (excluding diaryl/α,β-unsaturated/α-hetero) is 1. The topological polar surface area (TPSA) is 29.5 Å². The number of rotatable bonds is 5. The zero-order valence-corrected chi connectivity index (χ0v) is 12.1. The minimum absolute atomic E-state index is 0.248. The van der Waals surface area contributed by atoms with Crippen LogP contribution in [0, 0.1) is 0 Å². The lowest BCUT2D eigenvalue weighted by Crippen LogP contribution is -2.48. The summed E-state index contributed by atoms with van der Waals surface area (Å²) in [6, 6.07) is 7.54. The van der Waals surface area contributed by atoms with Gasteiger partial charge < -0.3 is 4.74 Å². The van der Waals surface area contributed by atoms with Gasteiger partial charge in [0.2, 0.25) is 0 Å². The number of ketones is 1. The minimum Gasteiger partial charge on any atom is -0.494 e. The summed E-state index contributed by atoms with van der Waals surface area (Å²) in [4.78, 5) is 14.9. The van der Waals surface area contributed by atoms with Crippen LogP contribution in [0.3, 0.4) is 0 Å². The van der Waals surface area contributed by atoms with Crippen molar-refractivity contribution >= 4 is 5.78 Å². The number of benzene rings is 1. The molecule has 0 spiro atoms. The first-order valence-electron chi connectivity index (χ1n) is 7.05. The standard InChI is InChI=1S/C16H23NO2/c1-4-19-14-9-7-13(8-10-14)15(18)16(17(2)3)11-5-6-12-16/h7-10H,4-6,11-12H2,1-3H3. The van der Waals surface area contributed by atoms with Gasteiger partial charge in [-0.2, -0.15) is 0 Å². The van der Waals surface area contributed by atoms with E-state index in [-0.39, 0.29) is 11.3 Å². The van der Waals surface area contributed by atoms with Crippen LogP contribution in [-0.4, -0.2) is 36.9 Å². The van der Waals surface area contributed by atoms with E-state index in [0.717, 1.165) is 37.0 Å². The fourth-order valence-electron chi connectivity index (χ4n) is 2.98. The summed E-state index contributed by atoms with van der Waals surface area (Å²) < 4.78 is 5.42. The van der Waals surface area contributed by atoms with Crippen molar-refractivity contribution in [2.45, 2.75) is 38.1 Å². The largest absolute Gasteiger partial charge is 0.494 e. The zero-order valence-electron chi connectivity index (χ0n) is 12.1. The Labute approximate surface area is 115 Å². The summed E-state index contributed by atoms with van der Waals surface area (Å²) in [5.41, 5.74) is 0.492. The van der Waals surface area contributed by atoms with E-state index in [0.29, 0.717) is 6.61 Å². The van der Waals surface area contributed by atoms with Crippen LogP contribution in [0.15, 0.2) is 24.3 Å². The second kappa shape index (κ2) is 5.74. The highest BCUT2D eigenvalue weighted by Crippen LogP contribution is 2.36. The molecule has 0 bridgehead atoms. The predicted molar refractivity (Wildman–Crippen MR) is 76.8 cm³/mol. The summed E-state index contributed by atoms with van der Waals surface area (Å²) in [7, 11) is 4.02. The van der Waals surface area contributed by atoms with Gasteiger partial charge in [0.1, 0.15) is 5.75 Å². The molecule has 1 aromatic carbocycles. The SMILES string of the molecule is CCOc1ccc(C(=O)C2(N(C)C)CCCC2)cc1. The monoisotopic (exact) mass is 261 g/mol. The Hall–Kier alpha value is -1.35. The second-order valence-electron chi connectivity index (χ2n) is 5.42. The van der Waals surface area contributed by atoms with Crippen molar-refractivity contribution < 1.29 is 9.53 Å². The molecule has 19 heavy (non-hydrogen) atoms. The maximum Gasteiger partial charge on any atom is 0.183 e. The van der Waals surface area contributed by atoms with Gasteiger partial charge in [0.15, 0.2) is 5.78 Å². The molecule has 0 radical (unpaired) electrons. The van der Waals surface area contributed by atoms with Gasteiger partial charge in [0.25, 0.3) is 0 Å². The number of carbonyl (C=O) groups is 1. The first kappa shape index (κ1) is 14.1. The van der Waals surface area contributed by atoms with E-state index in [1.54, 1.807) is 0 Å². The van der Waals surface area contributed by atoms with Gasteiger partial charge >= 0.3 is 0 Å². The molecule has 1 saturated carbocycles. The number of hydrogen-bond donors (Lipinski definition) is 0. The molecular formula is C16H23NO2. The van der Waals surface area contributed by atoms with Crippen LogP contribution in [0.4, 0.5) is 0 Å². The summed E-state index contributed by atoms with van der Waals surface area (Å²) in [6.07, 6.45) is 4.21. The van der Waals surface area contributed by atoms with Gasteiger partial charge in [-0.25, -0.2) is 0 Å². The number of nitrogens with zero attached hydrogens (tertiary/aromatic N) is 1. The van der Waals surface area contributed by atoms with E-state index in [1.807, 2.05) is 45.3 Å². The third-order valence-corrected chi connectivity index (χ3v) is 4.14. The van der Waals surface area contributed by atoms with E-state index in [1.165, 1.54) is 0 Å². The summed E-state index contributed by atoms with van der Waals surface area (Å²) in [6.45, 7) is 2.60. The maximum atomic E-state index is 12.8. The number of ether oxygens (including phenoxy) is 1. The van der Waals surface area contributed by atoms with E-state index in [4.69, 9.17) is 4.74 Å². The fourth-order valence-corrected chi connectivity index (χ4v) is 2.98. The van der Waals surface area contributed by atoms with E-state index in [9.17, 15) is 4.79 Å². The molecule has 0 amide bonds. The highest BCUT2D eigenvalue weighted by Gasteiger charge is 2.43. The average Bonchev–Trinajstić information content (AvgIpc) is 2.90. The molecule has 0 atom stereocenters. The van der Waals surface area contributed by atoms with Crippen LogP contribution in [0.5, 0.6) is 5.75 Å². The summed E-state index contributed by atoms with van der Waals surface area (Å²) >= 11 is 0. The normalized spacial score (nSPS) is 17.7. The summed E-state index contributed by atoms with van der Waals surface area (Å²) in [5.74, 6) is 1.07. The van der Waals surface area contributed by atoms with Crippen molar-refractivity contribution in [3.63, 3.8) is 0 Å². The van der Waals surface area contributed by atoms with Crippen molar-refractivity contribution in [1.29, 1.82) is 0 Å². The molecule has 0 heterocycles. The molecule has 1 aliphatic rings. The summed E-state index contributed by atoms with van der Waals surface area (Å²) in [5, 5.41) is 0. The Bertz CT molecular complexity index is 431. The predicted octanol–water partition coefficient (Wildman–Crippen LogP) is 3.14. The molecule has 104 valence electrons. The van der Waals surface area contributed by atoms with Gasteiger partial charge in [-0.3, -0.25) is 9.69 Å². The molecule has 3 heteroatoms. The fraction of sp³-hybridized carbons (Fsp3) is 0.562. The Kier molecular flexibility index (Phi) is 4.25. The van der Waals surface area contributed by atoms with Gasteiger partial charge in [0.05, 0.1) is 12.1 Å². The molecule has 1 aliphatic carbocycles. The Morgan fingerprint density at radius 1 is 1.21 bits per heavy atom. The molecule has 3 nitrogen and oxygen atoms in total. The quantitative estimate of drug-likeness (QED) is 0.763. The highest BCUT2D eigenvalue weighted by atomic mass is 16.5. The van der Waals surface area contributed by atoms with Gasteiger partial charge in [-0.1, -0.05) is 12.8 Å². The molecule has 0 unspecified atom stereocenters. The smallest absolute Gasteiger partial charge is 0.183 e. The third kappa shape index (κ3) is 2.66. The maximum absolute atomic E-state index is 12.8. The van der Waals surface area contributed by atoms with Crippen molar-refractivity contribution in [2.24, 2.45) is 0 Å². The minimum atomic E-state index is -0.298. The van der Waals surface area contributed by atoms with Crippen molar-refractivity contribution in [1.82, 2.24) is 4.90 Å².